The molecule has 2 unspecified atom stereocenters. The topological polar surface area (TPSA) is 131 Å². The molecule has 1 aromatic rings. The molecular weight excluding hydrogens is 484 g/mol. The fourth-order valence-corrected chi connectivity index (χ4v) is 4.12. The molecule has 1 aromatic carbocycles. The molecule has 0 heterocycles. The monoisotopic (exact) mass is 532 g/mol. The Labute approximate surface area is 228 Å². The van der Waals surface area contributed by atoms with Crippen LogP contribution >= 0.6 is 0 Å². The molecule has 0 radical (unpaired) electrons. The highest BCUT2D eigenvalue weighted by molar-refractivity contribution is 5.94. The van der Waals surface area contributed by atoms with Gasteiger partial charge in [-0.15, -0.1) is 0 Å². The fourth-order valence-electron chi connectivity index (χ4n) is 4.12. The van der Waals surface area contributed by atoms with Crippen LogP contribution in [0.25, 0.3) is 0 Å². The first-order valence-corrected chi connectivity index (χ1v) is 13.7. The number of amides is 4. The lowest BCUT2D eigenvalue weighted by Crippen LogP contribution is -2.54. The summed E-state index contributed by atoms with van der Waals surface area (Å²) in [5.41, 5.74) is 7.19. The molecule has 0 saturated heterocycles. The lowest BCUT2D eigenvalue weighted by Gasteiger charge is -2.35. The maximum absolute atomic E-state index is 14.1. The van der Waals surface area contributed by atoms with E-state index in [-0.39, 0.29) is 12.5 Å². The number of carbonyl (C=O) groups excluding carboxylic acids is 4. The SMILES string of the molecule is CCCCCCN(C(=O)C(CC(N)=O)NC(=O)OC(C)(C)C)C(C(=O)NCCCC)c1cc(C)ccc1C. The number of nitrogens with one attached hydrogen (secondary N) is 2. The first-order valence-electron chi connectivity index (χ1n) is 13.7. The molecule has 9 heteroatoms. The number of aryl methyl sites for hydroxylation is 2. The molecule has 9 nitrogen and oxygen atoms in total. The third kappa shape index (κ3) is 11.5. The van der Waals surface area contributed by atoms with E-state index in [0.717, 1.165) is 43.2 Å². The average Bonchev–Trinajstić information content (AvgIpc) is 2.80. The number of nitrogens with two attached hydrogens (primary N) is 1. The molecule has 0 bridgehead atoms. The van der Waals surface area contributed by atoms with Crippen LogP contribution in [0.3, 0.4) is 0 Å². The fraction of sp³-hybridized carbons (Fsp3) is 0.655. The van der Waals surface area contributed by atoms with Crippen molar-refractivity contribution in [1.29, 1.82) is 0 Å². The summed E-state index contributed by atoms with van der Waals surface area (Å²) in [4.78, 5) is 53.7. The van der Waals surface area contributed by atoms with Crippen molar-refractivity contribution in [3.05, 3.63) is 34.9 Å². The largest absolute Gasteiger partial charge is 0.444 e. The average molecular weight is 533 g/mol. The Hall–Kier alpha value is -3.10. The van der Waals surface area contributed by atoms with Crippen LogP contribution in [-0.4, -0.2) is 53.4 Å². The lowest BCUT2D eigenvalue weighted by atomic mass is 9.95. The minimum absolute atomic E-state index is 0.281. The second kappa shape index (κ2) is 16.0. The first-order chi connectivity index (χ1) is 17.8. The van der Waals surface area contributed by atoms with Gasteiger partial charge in [-0.05, 0) is 58.6 Å². The summed E-state index contributed by atoms with van der Waals surface area (Å²) in [5, 5.41) is 5.51. The molecule has 0 saturated carbocycles. The van der Waals surface area contributed by atoms with Crippen LogP contribution in [-0.2, 0) is 19.1 Å². The van der Waals surface area contributed by atoms with Crippen LogP contribution in [0.15, 0.2) is 18.2 Å². The van der Waals surface area contributed by atoms with Gasteiger partial charge in [0.05, 0.1) is 6.42 Å². The standard InChI is InChI=1S/C29H48N4O5/c1-8-10-12-13-17-33(27(36)23(19-24(30)34)32-28(37)38-29(5,6)7)25(26(35)31-16-11-9-2)22-18-20(3)14-15-21(22)4/h14-15,18,23,25H,8-13,16-17,19H2,1-7H3,(H2,30,34)(H,31,35)(H,32,37). The second-order valence-corrected chi connectivity index (χ2v) is 10.9. The van der Waals surface area contributed by atoms with E-state index in [0.29, 0.717) is 18.5 Å². The number of carbonyl (C=O) groups is 4. The number of unbranched alkanes of at least 4 members (excludes halogenated alkanes) is 4. The normalized spacial score (nSPS) is 12.8. The van der Waals surface area contributed by atoms with Gasteiger partial charge in [0.25, 0.3) is 0 Å². The van der Waals surface area contributed by atoms with Crippen LogP contribution in [0, 0.1) is 13.8 Å². The molecule has 1 rings (SSSR count). The van der Waals surface area contributed by atoms with Crippen LogP contribution in [0.5, 0.6) is 0 Å². The van der Waals surface area contributed by atoms with Crippen molar-refractivity contribution in [3.63, 3.8) is 0 Å². The van der Waals surface area contributed by atoms with E-state index >= 15 is 0 Å². The maximum Gasteiger partial charge on any atom is 0.408 e. The number of benzene rings is 1. The van der Waals surface area contributed by atoms with Gasteiger partial charge in [-0.25, -0.2) is 4.79 Å². The van der Waals surface area contributed by atoms with Gasteiger partial charge >= 0.3 is 6.09 Å². The Morgan fingerprint density at radius 1 is 1.00 bits per heavy atom. The van der Waals surface area contributed by atoms with E-state index in [4.69, 9.17) is 10.5 Å². The van der Waals surface area contributed by atoms with Crippen LogP contribution in [0.1, 0.15) is 102 Å². The number of alkyl carbamates (subject to hydrolysis) is 1. The zero-order valence-electron chi connectivity index (χ0n) is 24.3. The quantitative estimate of drug-likeness (QED) is 0.288. The summed E-state index contributed by atoms with van der Waals surface area (Å²) in [5.74, 6) is -1.60. The van der Waals surface area contributed by atoms with E-state index in [1.54, 1.807) is 20.8 Å². The van der Waals surface area contributed by atoms with Gasteiger partial charge in [0.1, 0.15) is 17.7 Å². The van der Waals surface area contributed by atoms with Crippen molar-refractivity contribution >= 4 is 23.8 Å². The third-order valence-electron chi connectivity index (χ3n) is 6.05. The molecule has 38 heavy (non-hydrogen) atoms. The molecule has 2 atom stereocenters. The summed E-state index contributed by atoms with van der Waals surface area (Å²) < 4.78 is 5.33. The summed E-state index contributed by atoms with van der Waals surface area (Å²) in [6.45, 7) is 13.8. The molecule has 4 amide bonds. The Morgan fingerprint density at radius 2 is 1.66 bits per heavy atom. The molecule has 0 aliphatic carbocycles. The number of hydrogen-bond acceptors (Lipinski definition) is 5. The van der Waals surface area contributed by atoms with Crippen molar-refractivity contribution in [2.75, 3.05) is 13.1 Å². The molecule has 0 aliphatic rings. The van der Waals surface area contributed by atoms with Crippen LogP contribution < -0.4 is 16.4 Å². The van der Waals surface area contributed by atoms with E-state index in [2.05, 4.69) is 17.6 Å². The highest BCUT2D eigenvalue weighted by Gasteiger charge is 2.37. The zero-order valence-corrected chi connectivity index (χ0v) is 24.3. The second-order valence-electron chi connectivity index (χ2n) is 10.9. The smallest absolute Gasteiger partial charge is 0.408 e. The number of ether oxygens (including phenoxy) is 1. The summed E-state index contributed by atoms with van der Waals surface area (Å²) in [6.07, 6.45) is 4.00. The van der Waals surface area contributed by atoms with Gasteiger partial charge < -0.3 is 26.0 Å². The summed E-state index contributed by atoms with van der Waals surface area (Å²) in [6, 6.07) is 3.59. The van der Waals surface area contributed by atoms with Crippen molar-refractivity contribution < 1.29 is 23.9 Å². The summed E-state index contributed by atoms with van der Waals surface area (Å²) in [7, 11) is 0. The lowest BCUT2D eigenvalue weighted by molar-refractivity contribution is -0.143. The minimum Gasteiger partial charge on any atom is -0.444 e. The van der Waals surface area contributed by atoms with E-state index in [9.17, 15) is 19.2 Å². The van der Waals surface area contributed by atoms with Gasteiger partial charge in [-0.1, -0.05) is 63.3 Å². The van der Waals surface area contributed by atoms with Crippen molar-refractivity contribution in [3.8, 4) is 0 Å². The Bertz CT molecular complexity index is 941. The van der Waals surface area contributed by atoms with Crippen molar-refractivity contribution in [1.82, 2.24) is 15.5 Å². The molecule has 0 aromatic heterocycles. The van der Waals surface area contributed by atoms with Gasteiger partial charge in [-0.3, -0.25) is 14.4 Å². The van der Waals surface area contributed by atoms with Crippen molar-refractivity contribution in [2.45, 2.75) is 111 Å². The highest BCUT2D eigenvalue weighted by atomic mass is 16.6. The molecule has 214 valence electrons. The van der Waals surface area contributed by atoms with E-state index in [1.165, 1.54) is 4.90 Å². The number of primary amides is 1. The maximum atomic E-state index is 14.1. The van der Waals surface area contributed by atoms with Gasteiger partial charge in [0.2, 0.25) is 17.7 Å². The van der Waals surface area contributed by atoms with Crippen LogP contribution in [0.4, 0.5) is 4.79 Å². The number of rotatable bonds is 15. The molecule has 0 spiro atoms. The number of nitrogens with zero attached hydrogens (tertiary/aromatic N) is 1. The van der Waals surface area contributed by atoms with Gasteiger partial charge in [0.15, 0.2) is 0 Å². The molecule has 0 fully saturated rings. The molecular formula is C29H48N4O5. The Kier molecular flexibility index (Phi) is 13.9. The van der Waals surface area contributed by atoms with Crippen LogP contribution in [0.2, 0.25) is 0 Å². The first kappa shape index (κ1) is 32.9. The van der Waals surface area contributed by atoms with E-state index in [1.807, 2.05) is 39.0 Å². The predicted molar refractivity (Wildman–Crippen MR) is 149 cm³/mol. The zero-order chi connectivity index (χ0) is 28.9. The Balaban J connectivity index is 3.54. The predicted octanol–water partition coefficient (Wildman–Crippen LogP) is 4.44. The molecule has 0 aliphatic heterocycles. The van der Waals surface area contributed by atoms with Gasteiger partial charge in [0, 0.05) is 13.1 Å². The minimum atomic E-state index is -1.27. The van der Waals surface area contributed by atoms with E-state index < -0.39 is 42.0 Å². The number of hydrogen-bond donors (Lipinski definition) is 3. The third-order valence-corrected chi connectivity index (χ3v) is 6.05. The van der Waals surface area contributed by atoms with Gasteiger partial charge in [-0.2, -0.15) is 0 Å². The molecule has 4 N–H and O–H groups in total. The Morgan fingerprint density at radius 3 is 2.24 bits per heavy atom. The highest BCUT2D eigenvalue weighted by Crippen LogP contribution is 2.28. The summed E-state index contributed by atoms with van der Waals surface area (Å²) >= 11 is 0. The van der Waals surface area contributed by atoms with Crippen molar-refractivity contribution in [2.24, 2.45) is 5.73 Å².